The first-order chi connectivity index (χ1) is 14.0. The average molecular weight is 414 g/mol. The van der Waals surface area contributed by atoms with Crippen LogP contribution in [0.2, 0.25) is 0 Å². The molecule has 0 aliphatic heterocycles. The topological polar surface area (TPSA) is 69.0 Å². The van der Waals surface area contributed by atoms with Crippen LogP contribution in [0, 0.1) is 6.92 Å². The van der Waals surface area contributed by atoms with Gasteiger partial charge in [0.25, 0.3) is 0 Å². The van der Waals surface area contributed by atoms with Crippen LogP contribution in [0.1, 0.15) is 5.69 Å². The van der Waals surface area contributed by atoms with Gasteiger partial charge in [-0.3, -0.25) is 4.79 Å². The van der Waals surface area contributed by atoms with Crippen LogP contribution in [0.15, 0.2) is 54.0 Å². The van der Waals surface area contributed by atoms with E-state index in [4.69, 9.17) is 0 Å². The van der Waals surface area contributed by atoms with Gasteiger partial charge in [0.1, 0.15) is 12.3 Å². The normalized spacial score (nSPS) is 11.2. The fourth-order valence-electron chi connectivity index (χ4n) is 3.09. The molecule has 0 atom stereocenters. The molecule has 0 saturated heterocycles. The Hall–Kier alpha value is -3.33. The lowest BCUT2D eigenvalue weighted by atomic mass is 10.1. The van der Waals surface area contributed by atoms with E-state index >= 15 is 0 Å². The van der Waals surface area contributed by atoms with E-state index < -0.39 is 6.61 Å². The summed E-state index contributed by atoms with van der Waals surface area (Å²) in [7, 11) is 0. The molecule has 0 spiro atoms. The molecule has 1 aromatic carbocycles. The first-order valence-corrected chi connectivity index (χ1v) is 9.60. The molecule has 29 heavy (non-hydrogen) atoms. The molecule has 0 radical (unpaired) electrons. The van der Waals surface area contributed by atoms with Gasteiger partial charge in [0.15, 0.2) is 5.65 Å². The minimum atomic E-state index is -2.89. The summed E-state index contributed by atoms with van der Waals surface area (Å²) >= 11 is 1.63. The van der Waals surface area contributed by atoms with Crippen LogP contribution in [-0.4, -0.2) is 27.3 Å². The van der Waals surface area contributed by atoms with Crippen LogP contribution in [0.3, 0.4) is 0 Å². The number of rotatable bonds is 6. The Labute approximate surface area is 168 Å². The maximum absolute atomic E-state index is 12.5. The molecule has 0 aliphatic carbocycles. The first kappa shape index (κ1) is 19.0. The number of halogens is 2. The third-order valence-electron chi connectivity index (χ3n) is 4.25. The summed E-state index contributed by atoms with van der Waals surface area (Å²) in [6.07, 6.45) is 1.70. The zero-order valence-corrected chi connectivity index (χ0v) is 16.1. The number of amides is 1. The Balaban J connectivity index is 1.54. The van der Waals surface area contributed by atoms with Crippen LogP contribution in [0.25, 0.3) is 21.5 Å². The highest BCUT2D eigenvalue weighted by Gasteiger charge is 2.16. The Bertz CT molecular complexity index is 1140. The van der Waals surface area contributed by atoms with Crippen LogP contribution >= 0.6 is 11.3 Å². The van der Waals surface area contributed by atoms with Crippen molar-refractivity contribution in [2.45, 2.75) is 20.1 Å². The number of aryl methyl sites for hydroxylation is 1. The standard InChI is InChI=1S/C20H16F2N4O2S/c1-12-18-15(16-3-2-10-29-16)8-9-23-19(18)26(25-12)11-17(27)24-13-4-6-14(7-5-13)28-20(21)22/h2-10,20H,11H2,1H3,(H,24,27). The van der Waals surface area contributed by atoms with Crippen molar-refractivity contribution in [3.8, 4) is 16.2 Å². The number of carbonyl (C=O) groups excluding carboxylic acids is 1. The number of ether oxygens (including phenoxy) is 1. The number of fused-ring (bicyclic) bond motifs is 1. The molecule has 1 amide bonds. The monoisotopic (exact) mass is 414 g/mol. The number of thiophene rings is 1. The van der Waals surface area contributed by atoms with Gasteiger partial charge in [-0.1, -0.05) is 6.07 Å². The fourth-order valence-corrected chi connectivity index (χ4v) is 3.84. The van der Waals surface area contributed by atoms with Gasteiger partial charge in [-0.15, -0.1) is 11.3 Å². The third-order valence-corrected chi connectivity index (χ3v) is 5.15. The predicted octanol–water partition coefficient (Wildman–Crippen LogP) is 4.71. The second kappa shape index (κ2) is 7.96. The van der Waals surface area contributed by atoms with Crippen molar-refractivity contribution in [2.75, 3.05) is 5.32 Å². The van der Waals surface area contributed by atoms with Crippen molar-refractivity contribution < 1.29 is 18.3 Å². The quantitative estimate of drug-likeness (QED) is 0.496. The van der Waals surface area contributed by atoms with Gasteiger partial charge < -0.3 is 10.1 Å². The minimum absolute atomic E-state index is 0.0250. The lowest BCUT2D eigenvalue weighted by molar-refractivity contribution is -0.116. The lowest BCUT2D eigenvalue weighted by Gasteiger charge is -2.08. The van der Waals surface area contributed by atoms with Crippen molar-refractivity contribution in [3.63, 3.8) is 0 Å². The van der Waals surface area contributed by atoms with Crippen molar-refractivity contribution in [1.82, 2.24) is 14.8 Å². The Morgan fingerprint density at radius 3 is 2.72 bits per heavy atom. The van der Waals surface area contributed by atoms with E-state index in [9.17, 15) is 13.6 Å². The van der Waals surface area contributed by atoms with Gasteiger partial charge in [0.2, 0.25) is 5.91 Å². The SMILES string of the molecule is Cc1nn(CC(=O)Nc2ccc(OC(F)F)cc2)c2nccc(-c3cccs3)c12. The number of nitrogens with zero attached hydrogens (tertiary/aromatic N) is 3. The molecule has 0 saturated carbocycles. The molecule has 0 aliphatic rings. The second-order valence-corrected chi connectivity index (χ2v) is 7.18. The third kappa shape index (κ3) is 4.09. The van der Waals surface area contributed by atoms with Crippen molar-refractivity contribution in [2.24, 2.45) is 0 Å². The van der Waals surface area contributed by atoms with E-state index in [1.165, 1.54) is 24.3 Å². The highest BCUT2D eigenvalue weighted by atomic mass is 32.1. The zero-order chi connectivity index (χ0) is 20.4. The van der Waals surface area contributed by atoms with Crippen LogP contribution in [0.5, 0.6) is 5.75 Å². The summed E-state index contributed by atoms with van der Waals surface area (Å²) in [5.74, 6) is -0.280. The average Bonchev–Trinajstić information content (AvgIpc) is 3.32. The van der Waals surface area contributed by atoms with Crippen molar-refractivity contribution >= 4 is 34.0 Å². The van der Waals surface area contributed by atoms with Gasteiger partial charge in [-0.25, -0.2) is 9.67 Å². The summed E-state index contributed by atoms with van der Waals surface area (Å²) in [5.41, 5.74) is 2.92. The predicted molar refractivity (Wildman–Crippen MR) is 107 cm³/mol. The number of hydrogen-bond acceptors (Lipinski definition) is 5. The van der Waals surface area contributed by atoms with E-state index in [2.05, 4.69) is 20.1 Å². The summed E-state index contributed by atoms with van der Waals surface area (Å²) in [4.78, 5) is 18.0. The van der Waals surface area contributed by atoms with Gasteiger partial charge in [0.05, 0.1) is 11.1 Å². The largest absolute Gasteiger partial charge is 0.435 e. The molecule has 1 N–H and O–H groups in total. The second-order valence-electron chi connectivity index (χ2n) is 6.23. The molecule has 0 unspecified atom stereocenters. The fraction of sp³-hybridized carbons (Fsp3) is 0.150. The molecule has 0 fully saturated rings. The molecular weight excluding hydrogens is 398 g/mol. The number of pyridine rings is 1. The van der Waals surface area contributed by atoms with E-state index in [1.54, 1.807) is 22.2 Å². The lowest BCUT2D eigenvalue weighted by Crippen LogP contribution is -2.19. The number of hydrogen-bond donors (Lipinski definition) is 1. The molecule has 6 nitrogen and oxygen atoms in total. The van der Waals surface area contributed by atoms with E-state index in [-0.39, 0.29) is 18.2 Å². The smallest absolute Gasteiger partial charge is 0.387 e. The van der Waals surface area contributed by atoms with E-state index in [0.29, 0.717) is 11.3 Å². The molecule has 4 rings (SSSR count). The Morgan fingerprint density at radius 2 is 2.03 bits per heavy atom. The maximum Gasteiger partial charge on any atom is 0.387 e. The molecule has 148 valence electrons. The number of alkyl halides is 2. The van der Waals surface area contributed by atoms with Crippen molar-refractivity contribution in [3.05, 3.63) is 59.7 Å². The Morgan fingerprint density at radius 1 is 1.24 bits per heavy atom. The minimum Gasteiger partial charge on any atom is -0.435 e. The molecule has 0 bridgehead atoms. The molecule has 3 aromatic heterocycles. The summed E-state index contributed by atoms with van der Waals surface area (Å²) in [6, 6.07) is 11.7. The van der Waals surface area contributed by atoms with Gasteiger partial charge in [0, 0.05) is 22.3 Å². The van der Waals surface area contributed by atoms with Crippen molar-refractivity contribution in [1.29, 1.82) is 0 Å². The summed E-state index contributed by atoms with van der Waals surface area (Å²) < 4.78 is 30.3. The number of aromatic nitrogens is 3. The maximum atomic E-state index is 12.5. The molecule has 4 aromatic rings. The molecular formula is C20H16F2N4O2S. The highest BCUT2D eigenvalue weighted by Crippen LogP contribution is 2.32. The van der Waals surface area contributed by atoms with Crippen LogP contribution < -0.4 is 10.1 Å². The van der Waals surface area contributed by atoms with Crippen LogP contribution in [-0.2, 0) is 11.3 Å². The van der Waals surface area contributed by atoms with E-state index in [0.717, 1.165) is 21.5 Å². The molecule has 9 heteroatoms. The Kier molecular flexibility index (Phi) is 5.22. The van der Waals surface area contributed by atoms with Gasteiger partial charge in [-0.05, 0) is 48.7 Å². The number of anilines is 1. The summed E-state index contributed by atoms with van der Waals surface area (Å²) in [5, 5.41) is 10.1. The molecule has 3 heterocycles. The summed E-state index contributed by atoms with van der Waals surface area (Å²) in [6.45, 7) is -1.03. The number of carbonyl (C=O) groups is 1. The first-order valence-electron chi connectivity index (χ1n) is 8.72. The van der Waals surface area contributed by atoms with Gasteiger partial charge in [-0.2, -0.15) is 13.9 Å². The number of benzene rings is 1. The number of nitrogens with one attached hydrogen (secondary N) is 1. The van der Waals surface area contributed by atoms with Gasteiger partial charge >= 0.3 is 6.61 Å². The van der Waals surface area contributed by atoms with Crippen LogP contribution in [0.4, 0.5) is 14.5 Å². The van der Waals surface area contributed by atoms with E-state index in [1.807, 2.05) is 30.5 Å². The zero-order valence-electron chi connectivity index (χ0n) is 15.3. The highest BCUT2D eigenvalue weighted by molar-refractivity contribution is 7.13.